The summed E-state index contributed by atoms with van der Waals surface area (Å²) >= 11 is 7.93. The molecule has 3 aliphatic rings. The molecule has 0 aromatic carbocycles. The summed E-state index contributed by atoms with van der Waals surface area (Å²) in [6.45, 7) is 5.53. The monoisotopic (exact) mass is 490 g/mol. The Kier molecular flexibility index (Phi) is 6.24. The molecular formula is C23H31ClN6O2S. The highest BCUT2D eigenvalue weighted by Crippen LogP contribution is 2.45. The van der Waals surface area contributed by atoms with Gasteiger partial charge >= 0.3 is 6.03 Å². The Labute approximate surface area is 203 Å². The molecule has 3 fully saturated rings. The van der Waals surface area contributed by atoms with Gasteiger partial charge in [0.1, 0.15) is 0 Å². The summed E-state index contributed by atoms with van der Waals surface area (Å²) in [5.74, 6) is 1.03. The minimum absolute atomic E-state index is 0.0629. The van der Waals surface area contributed by atoms with Crippen LogP contribution in [0.3, 0.4) is 0 Å². The SMILES string of the molecule is Cc1nc(N2CCOCC2)ncc1N1CC2(CC[C@H](N(C)C)[C@H](c3ccc(Cl)s3)C2)NC1=O. The van der Waals surface area contributed by atoms with Crippen molar-refractivity contribution in [1.82, 2.24) is 20.2 Å². The van der Waals surface area contributed by atoms with Gasteiger partial charge in [0.25, 0.3) is 0 Å². The van der Waals surface area contributed by atoms with Gasteiger partial charge in [-0.2, -0.15) is 0 Å². The van der Waals surface area contributed by atoms with Crippen LogP contribution in [0.2, 0.25) is 4.34 Å². The molecule has 0 radical (unpaired) electrons. The van der Waals surface area contributed by atoms with E-state index in [2.05, 4.69) is 40.3 Å². The molecule has 2 saturated heterocycles. The average Bonchev–Trinajstić information content (AvgIpc) is 3.37. The van der Waals surface area contributed by atoms with Gasteiger partial charge in [0.15, 0.2) is 0 Å². The van der Waals surface area contributed by atoms with E-state index in [4.69, 9.17) is 21.3 Å². The number of carbonyl (C=O) groups is 1. The summed E-state index contributed by atoms with van der Waals surface area (Å²) in [5, 5.41) is 3.35. The molecule has 2 aliphatic heterocycles. The van der Waals surface area contributed by atoms with Crippen LogP contribution in [0.15, 0.2) is 18.3 Å². The zero-order valence-corrected chi connectivity index (χ0v) is 21.0. The Morgan fingerprint density at radius 3 is 2.76 bits per heavy atom. The van der Waals surface area contributed by atoms with Gasteiger partial charge in [0, 0.05) is 29.9 Å². The Bertz CT molecular complexity index is 1030. The van der Waals surface area contributed by atoms with Gasteiger partial charge in [0.2, 0.25) is 5.95 Å². The lowest BCUT2D eigenvalue weighted by Gasteiger charge is -2.44. The molecule has 4 heterocycles. The average molecular weight is 491 g/mol. The molecule has 8 nitrogen and oxygen atoms in total. The molecule has 3 atom stereocenters. The first-order valence-corrected chi connectivity index (χ1v) is 12.7. The third-order valence-corrected chi connectivity index (χ3v) is 8.58. The molecule has 1 N–H and O–H groups in total. The lowest BCUT2D eigenvalue weighted by molar-refractivity contribution is 0.122. The van der Waals surface area contributed by atoms with Crippen molar-refractivity contribution in [3.63, 3.8) is 0 Å². The fourth-order valence-electron chi connectivity index (χ4n) is 5.51. The number of thiophene rings is 1. The van der Waals surface area contributed by atoms with Crippen LogP contribution in [0, 0.1) is 6.92 Å². The van der Waals surface area contributed by atoms with E-state index in [0.717, 1.165) is 48.1 Å². The third-order valence-electron chi connectivity index (χ3n) is 7.22. The number of hydrogen-bond donors (Lipinski definition) is 1. The lowest BCUT2D eigenvalue weighted by Crippen LogP contribution is -2.52. The zero-order valence-electron chi connectivity index (χ0n) is 19.4. The Balaban J connectivity index is 1.37. The smallest absolute Gasteiger partial charge is 0.322 e. The molecule has 1 spiro atoms. The van der Waals surface area contributed by atoms with E-state index < -0.39 is 0 Å². The van der Waals surface area contributed by atoms with E-state index in [-0.39, 0.29) is 11.6 Å². The summed E-state index contributed by atoms with van der Waals surface area (Å²) in [6, 6.07) is 4.48. The highest BCUT2D eigenvalue weighted by molar-refractivity contribution is 7.16. The van der Waals surface area contributed by atoms with Crippen molar-refractivity contribution >= 4 is 40.6 Å². The lowest BCUT2D eigenvalue weighted by atomic mass is 9.72. The van der Waals surface area contributed by atoms with Crippen LogP contribution < -0.4 is 15.1 Å². The predicted molar refractivity (Wildman–Crippen MR) is 132 cm³/mol. The number of nitrogens with one attached hydrogen (secondary N) is 1. The van der Waals surface area contributed by atoms with Gasteiger partial charge in [-0.1, -0.05) is 11.6 Å². The number of aryl methyl sites for hydroxylation is 1. The molecule has 2 amide bonds. The molecule has 2 aromatic heterocycles. The number of ether oxygens (including phenoxy) is 1. The van der Waals surface area contributed by atoms with Crippen molar-refractivity contribution < 1.29 is 9.53 Å². The van der Waals surface area contributed by atoms with Gasteiger partial charge < -0.3 is 19.9 Å². The largest absolute Gasteiger partial charge is 0.378 e. The molecule has 2 aromatic rings. The second-order valence-electron chi connectivity index (χ2n) is 9.56. The van der Waals surface area contributed by atoms with Crippen molar-refractivity contribution in [2.24, 2.45) is 0 Å². The number of morpholine rings is 1. The van der Waals surface area contributed by atoms with E-state index in [1.807, 2.05) is 17.9 Å². The van der Waals surface area contributed by atoms with Crippen LogP contribution >= 0.6 is 22.9 Å². The summed E-state index contributed by atoms with van der Waals surface area (Å²) in [7, 11) is 4.28. The molecule has 1 saturated carbocycles. The highest BCUT2D eigenvalue weighted by Gasteiger charge is 2.49. The van der Waals surface area contributed by atoms with Crippen molar-refractivity contribution in [2.75, 3.05) is 56.7 Å². The number of anilines is 2. The normalized spacial score (nSPS) is 28.1. The Morgan fingerprint density at radius 1 is 1.30 bits per heavy atom. The maximum Gasteiger partial charge on any atom is 0.322 e. The molecular weight excluding hydrogens is 460 g/mol. The standard InChI is InChI=1S/C23H31ClN6O2S/c1-15-18(13-25-21(26-15)29-8-10-32-11-9-29)30-14-23(27-22(30)31)7-6-17(28(2)3)16(12-23)19-4-5-20(24)33-19/h4-5,13,16-17H,6-12,14H2,1-3H3,(H,27,31)/t16-,17+,23?/m1/s1. The second-order valence-corrected chi connectivity index (χ2v) is 11.3. The molecule has 1 unspecified atom stereocenters. The van der Waals surface area contributed by atoms with Crippen LogP contribution in [-0.2, 0) is 4.74 Å². The van der Waals surface area contributed by atoms with Crippen molar-refractivity contribution in [1.29, 1.82) is 0 Å². The van der Waals surface area contributed by atoms with Crippen LogP contribution in [-0.4, -0.2) is 79.4 Å². The van der Waals surface area contributed by atoms with E-state index in [1.54, 1.807) is 17.5 Å². The van der Waals surface area contributed by atoms with Crippen molar-refractivity contribution in [3.05, 3.63) is 33.2 Å². The van der Waals surface area contributed by atoms with Crippen LogP contribution in [0.1, 0.15) is 35.8 Å². The van der Waals surface area contributed by atoms with Crippen LogP contribution in [0.4, 0.5) is 16.4 Å². The number of carbonyl (C=O) groups excluding carboxylic acids is 1. The van der Waals surface area contributed by atoms with Crippen LogP contribution in [0.25, 0.3) is 0 Å². The quantitative estimate of drug-likeness (QED) is 0.707. The van der Waals surface area contributed by atoms with E-state index in [9.17, 15) is 4.79 Å². The number of hydrogen-bond acceptors (Lipinski definition) is 7. The van der Waals surface area contributed by atoms with Gasteiger partial charge in [-0.3, -0.25) is 4.90 Å². The number of urea groups is 1. The Hall–Kier alpha value is -1.94. The first-order chi connectivity index (χ1) is 15.8. The number of likely N-dealkylation sites (N-methyl/N-ethyl adjacent to an activating group) is 1. The minimum Gasteiger partial charge on any atom is -0.378 e. The van der Waals surface area contributed by atoms with Crippen molar-refractivity contribution in [3.8, 4) is 0 Å². The summed E-state index contributed by atoms with van der Waals surface area (Å²) in [5.41, 5.74) is 1.34. The molecule has 10 heteroatoms. The summed E-state index contributed by atoms with van der Waals surface area (Å²) in [4.78, 5) is 30.0. The highest BCUT2D eigenvalue weighted by atomic mass is 35.5. The molecule has 178 valence electrons. The summed E-state index contributed by atoms with van der Waals surface area (Å²) in [6.07, 6.45) is 4.65. The maximum atomic E-state index is 13.2. The molecule has 5 rings (SSSR count). The first-order valence-electron chi connectivity index (χ1n) is 11.5. The van der Waals surface area contributed by atoms with Gasteiger partial charge in [-0.05, 0) is 52.4 Å². The number of halogens is 1. The van der Waals surface area contributed by atoms with E-state index in [0.29, 0.717) is 37.7 Å². The van der Waals surface area contributed by atoms with E-state index in [1.165, 1.54) is 4.88 Å². The van der Waals surface area contributed by atoms with Gasteiger partial charge in [-0.15, -0.1) is 11.3 Å². The predicted octanol–water partition coefficient (Wildman–Crippen LogP) is 3.50. The second kappa shape index (κ2) is 9.02. The van der Waals surface area contributed by atoms with Crippen molar-refractivity contribution in [2.45, 2.75) is 43.7 Å². The number of nitrogens with zero attached hydrogens (tertiary/aromatic N) is 5. The van der Waals surface area contributed by atoms with Crippen LogP contribution in [0.5, 0.6) is 0 Å². The zero-order chi connectivity index (χ0) is 23.2. The summed E-state index contributed by atoms with van der Waals surface area (Å²) < 4.78 is 6.24. The number of rotatable bonds is 4. The molecule has 1 aliphatic carbocycles. The van der Waals surface area contributed by atoms with Gasteiger partial charge in [-0.25, -0.2) is 14.8 Å². The number of amides is 2. The molecule has 0 bridgehead atoms. The molecule has 33 heavy (non-hydrogen) atoms. The maximum absolute atomic E-state index is 13.2. The first kappa shape index (κ1) is 22.8. The fourth-order valence-corrected chi connectivity index (χ4v) is 6.73. The van der Waals surface area contributed by atoms with Gasteiger partial charge in [0.05, 0.1) is 47.2 Å². The van der Waals surface area contributed by atoms with E-state index >= 15 is 0 Å². The Morgan fingerprint density at radius 2 is 2.09 bits per heavy atom. The topological polar surface area (TPSA) is 73.8 Å². The third kappa shape index (κ3) is 4.43. The minimum atomic E-state index is -0.264. The fraction of sp³-hybridized carbons (Fsp3) is 0.609. The number of aromatic nitrogens is 2.